The van der Waals surface area contributed by atoms with E-state index in [0.29, 0.717) is 0 Å². The zero-order valence-corrected chi connectivity index (χ0v) is 86.3. The van der Waals surface area contributed by atoms with Crippen LogP contribution in [0, 0.1) is 27.7 Å². The van der Waals surface area contributed by atoms with Crippen molar-refractivity contribution in [2.24, 2.45) is 0 Å². The number of nitrogen functional groups attached to an aromatic ring is 4. The van der Waals surface area contributed by atoms with Crippen molar-refractivity contribution in [1.82, 2.24) is 77.2 Å². The SMILES string of the molecule is CC[C@H]1O[C@@H](n2cc(C)c(=O)[nH]c2=O)CC1OP(O)(=S)OC[C@H]1O[C@@H](n2cc(C)c(N)nc2=O)[C@@H](OCCOC)C1OP(=O)(S)OC[C@H]1O[C@@H](n2cc(C)c(=O)[nH]c2=O)[C@@H](OCCOC)C1OP(=O)(O)OC[C@H]1O[C@@H](n2cnc3c(N)ncnc32)[C@@H](OCCOC)C1OP(O)(=S)OC[C@H]1O[C@@H](n2cc(C)c(N)nc2=O)[C@@H](OCCOC)C1OP(O)(=S)OC[C@H]1O[C@@H](n2cnc3c(N)ncnc32)[C@@H](OCCOC)C1O. The van der Waals surface area contributed by atoms with E-state index in [9.17, 15) is 53.4 Å². The number of aliphatic hydroxyl groups excluding tert-OH is 1. The van der Waals surface area contributed by atoms with Crippen LogP contribution in [-0.2, 0) is 166 Å². The average molecular weight is 2210 g/mol. The monoisotopic (exact) mass is 2210 g/mol. The van der Waals surface area contributed by atoms with Gasteiger partial charge in [-0.2, -0.15) is 9.97 Å². The molecule has 0 saturated carbocycles. The molecule has 0 amide bonds. The summed E-state index contributed by atoms with van der Waals surface area (Å²) in [5, 5.41) is 11.9. The van der Waals surface area contributed by atoms with Crippen molar-refractivity contribution in [2.45, 2.75) is 189 Å². The third-order valence-electron chi connectivity index (χ3n) is 23.4. The number of aromatic amines is 2. The largest absolute Gasteiger partial charge is 0.472 e. The average Bonchev–Trinajstić information content (AvgIpc) is 1.62. The first-order chi connectivity index (χ1) is 68.5. The molecule has 14 rings (SSSR count). The second-order valence-electron chi connectivity index (χ2n) is 33.1. The van der Waals surface area contributed by atoms with E-state index >= 15 is 9.13 Å². The third kappa shape index (κ3) is 26.7. The zero-order chi connectivity index (χ0) is 104. The van der Waals surface area contributed by atoms with Gasteiger partial charge in [-0.3, -0.25) is 74.1 Å². The third-order valence-corrected chi connectivity index (χ3v) is 30.7. The summed E-state index contributed by atoms with van der Waals surface area (Å²) in [6.45, 7) is -18.3. The molecule has 6 fully saturated rings. The fourth-order valence-corrected chi connectivity index (χ4v) is 23.2. The molecule has 28 atom stereocenters. The number of nitrogens with two attached hydrogens (primary N) is 4. The summed E-state index contributed by atoms with van der Waals surface area (Å²) in [6, 6.07) is 0. The van der Waals surface area contributed by atoms with E-state index in [1.807, 2.05) is 0 Å². The van der Waals surface area contributed by atoms with Gasteiger partial charge in [0.15, 0.2) is 54.1 Å². The van der Waals surface area contributed by atoms with Gasteiger partial charge in [0.05, 0.1) is 124 Å². The number of fused-ring (bicyclic) bond motifs is 2. The van der Waals surface area contributed by atoms with E-state index in [2.05, 4.69) is 62.1 Å². The molecule has 8 aromatic rings. The van der Waals surface area contributed by atoms with E-state index in [1.54, 1.807) is 6.92 Å². The van der Waals surface area contributed by atoms with Crippen LogP contribution < -0.4 is 56.8 Å². The van der Waals surface area contributed by atoms with Crippen LogP contribution in [0.2, 0.25) is 0 Å². The Hall–Kier alpha value is -7.06. The first-order valence-corrected chi connectivity index (χ1v) is 56.1. The Morgan fingerprint density at radius 3 is 1.19 bits per heavy atom. The number of hydrogen-bond acceptors (Lipinski definition) is 50. The number of aliphatic hydroxyl groups is 1. The number of rotatable bonds is 52. The minimum atomic E-state index is -5.89. The van der Waals surface area contributed by atoms with E-state index in [4.69, 9.17) is 179 Å². The number of phosphoric ester groups is 1. The highest BCUT2D eigenvalue weighted by atomic mass is 32.7. The maximum absolute atomic E-state index is 15.5. The lowest BCUT2D eigenvalue weighted by Gasteiger charge is -2.30. The first kappa shape index (κ1) is 113. The molecule has 14 heterocycles. The molecule has 0 bridgehead atoms. The number of methoxy groups -OCH3 is 5. The number of nitrogens with zero attached hydrogens (tertiary/aromatic N) is 14. The van der Waals surface area contributed by atoms with Gasteiger partial charge >= 0.3 is 57.5 Å². The number of thiol groups is 1. The van der Waals surface area contributed by atoms with Crippen LogP contribution in [0.25, 0.3) is 22.3 Å². The Morgan fingerprint density at radius 2 is 0.757 bits per heavy atom. The number of phosphoric acid groups is 1. The van der Waals surface area contributed by atoms with Crippen LogP contribution >= 0.6 is 47.0 Å². The second-order valence-corrected chi connectivity index (χ2v) is 45.8. The summed E-state index contributed by atoms with van der Waals surface area (Å²) in [5.74, 6) is -0.384. The number of aryl methyl sites for hydroxylation is 4. The Bertz CT molecular complexity index is 6440. The number of aromatic nitrogens is 16. The Morgan fingerprint density at radius 1 is 0.410 bits per heavy atom. The van der Waals surface area contributed by atoms with Crippen molar-refractivity contribution in [1.29, 1.82) is 0 Å². The van der Waals surface area contributed by atoms with Gasteiger partial charge in [-0.15, -0.1) is 0 Å². The molecular weight excluding hydrogens is 2100 g/mol. The molecule has 59 nitrogen and oxygen atoms in total. The maximum Gasteiger partial charge on any atom is 0.472 e. The lowest BCUT2D eigenvalue weighted by atomic mass is 10.1. The van der Waals surface area contributed by atoms with Gasteiger partial charge in [-0.05, 0) is 69.5 Å². The molecule has 798 valence electrons. The molecule has 0 aliphatic carbocycles. The van der Waals surface area contributed by atoms with Gasteiger partial charge in [0.2, 0.25) is 0 Å². The van der Waals surface area contributed by atoms with Crippen LogP contribution in [0.5, 0.6) is 0 Å². The number of ether oxygens (including phenoxy) is 16. The summed E-state index contributed by atoms with van der Waals surface area (Å²) in [5.41, 5.74) is 20.4. The van der Waals surface area contributed by atoms with Crippen LogP contribution in [0.3, 0.4) is 0 Å². The minimum absolute atomic E-state index is 0.00988. The van der Waals surface area contributed by atoms with Crippen molar-refractivity contribution in [3.05, 3.63) is 135 Å². The number of hydrogen-bond donors (Lipinski definition) is 12. The molecule has 68 heteroatoms. The van der Waals surface area contributed by atoms with Crippen molar-refractivity contribution in [3.63, 3.8) is 0 Å². The molecule has 0 radical (unpaired) electrons. The Balaban J connectivity index is 0.755. The molecule has 6 saturated heterocycles. The van der Waals surface area contributed by atoms with Crippen LogP contribution in [0.4, 0.5) is 23.3 Å². The second kappa shape index (κ2) is 48.9. The zero-order valence-electron chi connectivity index (χ0n) is 78.5. The fraction of sp³-hybridized carbons (Fsp3) is 0.658. The molecule has 0 spiro atoms. The van der Waals surface area contributed by atoms with E-state index < -0.39 is 249 Å². The molecule has 15 N–H and O–H groups in total. The Labute approximate surface area is 836 Å². The molecule has 8 aromatic heterocycles. The lowest BCUT2D eigenvalue weighted by molar-refractivity contribution is -0.0837. The van der Waals surface area contributed by atoms with E-state index in [-0.39, 0.29) is 140 Å². The predicted octanol–water partition coefficient (Wildman–Crippen LogP) is -0.656. The number of nitrogens with one attached hydrogen (secondary N) is 2. The normalized spacial score (nSPS) is 29.3. The summed E-state index contributed by atoms with van der Waals surface area (Å²) in [6.07, 6.45) is -25.6. The number of H-pyrrole nitrogens is 2. The fourth-order valence-electron chi connectivity index (χ4n) is 16.4. The van der Waals surface area contributed by atoms with Gasteiger partial charge in [0, 0.05) is 89.0 Å². The molecule has 144 heavy (non-hydrogen) atoms. The lowest BCUT2D eigenvalue weighted by Crippen LogP contribution is -2.42. The smallest absolute Gasteiger partial charge is 0.387 e. The summed E-state index contributed by atoms with van der Waals surface area (Å²) in [4.78, 5) is 168. The standard InChI is InChI=1S/C76H111N20O39P5S4/c1-11-40-41(22-47(125-40)91-25-38(4)66(98)89-75(91)102)131-137(106,141)122-30-45-53(57(117-19-14-112-8)70(128-45)92-23-36(2)60(77)87-73(92)100)135-139(108,143)123-29-44-51(56(116-18-13-111-7)69(127-44)94-26-39(5)67(99)90-76(94)103)132-136(104,105)120-28-43-52(59(119-21-16-114-10)72(130-43)96-35-86-49-63(80)82-33-84-65(49)96)133-140(109,144)124-31-46-54(58(118-20-15-113-9)71(129-46)93-24-37(3)61(78)88-74(93)101)134-138(107,142)121-27-42-50(97)55(115-17-12-110-6)68(126-42)95-34-85-48-62(79)81-32-83-64(48)95/h23-26,32-35,40-47,50-59,68-72,97H,11-22,27-31H2,1-10H3,(H,104,105)(H,106,141)(H,107,142)(H,108,143)(H,109,144)(H2,77,87,100)(H2,78,88,101)(H2,79,81,83)(H2,80,82,84)(H,89,98,102)(H,90,99,103)/t40-,41?,42-,43-,44-,45-,46-,47-,50?,51?,52?,53?,54?,55+,56+,57+,58+,59+,68-,69-,70-,71-,72-,137?,138?,139?,140?/m1/s1. The molecule has 0 aromatic carbocycles. The molecule has 6 aliphatic rings. The number of anilines is 4. The maximum atomic E-state index is 15.5. The molecule has 11 unspecified atom stereocenters. The van der Waals surface area contributed by atoms with Crippen molar-refractivity contribution in [2.75, 3.05) is 158 Å². The van der Waals surface area contributed by atoms with Crippen LogP contribution in [0.1, 0.15) is 79.4 Å². The van der Waals surface area contributed by atoms with Crippen molar-refractivity contribution >= 4 is 128 Å². The van der Waals surface area contributed by atoms with Crippen molar-refractivity contribution < 1.29 is 155 Å². The van der Waals surface area contributed by atoms with Gasteiger partial charge in [-0.25, -0.2) is 58.2 Å². The highest BCUT2D eigenvalue weighted by Gasteiger charge is 2.58. The first-order valence-electron chi connectivity index (χ1n) is 44.1. The summed E-state index contributed by atoms with van der Waals surface area (Å²) in [7, 11) is 0.936. The highest BCUT2D eigenvalue weighted by Crippen LogP contribution is 2.60. The quantitative estimate of drug-likeness (QED) is 0.0128. The van der Waals surface area contributed by atoms with Gasteiger partial charge in [0.25, 0.3) is 11.1 Å². The van der Waals surface area contributed by atoms with E-state index in [1.165, 1.54) is 110 Å². The summed E-state index contributed by atoms with van der Waals surface area (Å²) < 4.78 is 196. The van der Waals surface area contributed by atoms with Crippen LogP contribution in [0.15, 0.2) is 78.9 Å². The van der Waals surface area contributed by atoms with Gasteiger partial charge in [0.1, 0.15) is 133 Å². The van der Waals surface area contributed by atoms with Gasteiger partial charge in [-0.1, -0.05) is 19.2 Å². The summed E-state index contributed by atoms with van der Waals surface area (Å²) >= 11 is 21.6. The van der Waals surface area contributed by atoms with Crippen molar-refractivity contribution in [3.8, 4) is 0 Å². The highest BCUT2D eigenvalue weighted by molar-refractivity contribution is 8.44. The minimum Gasteiger partial charge on any atom is -0.387 e. The van der Waals surface area contributed by atoms with E-state index in [0.717, 1.165) is 30.8 Å². The van der Waals surface area contributed by atoms with Gasteiger partial charge < -0.3 is 141 Å². The Kier molecular flexibility index (Phi) is 38.2. The predicted molar refractivity (Wildman–Crippen MR) is 509 cm³/mol. The van der Waals surface area contributed by atoms with Crippen LogP contribution in [-0.4, -0.2) is 340 Å². The number of imidazole rings is 2. The topological polar surface area (TPSA) is 746 Å². The molecule has 6 aliphatic heterocycles. The molecular formula is C76H111N20O39P5S4.